The molecule has 1 saturated carbocycles. The molecule has 3 aromatic carbocycles. The number of hydrogen-bond donors (Lipinski definition) is 2. The summed E-state index contributed by atoms with van der Waals surface area (Å²) >= 11 is 1.57. The van der Waals surface area contributed by atoms with E-state index in [1.165, 1.54) is 36.8 Å². The lowest BCUT2D eigenvalue weighted by molar-refractivity contribution is -0.138. The summed E-state index contributed by atoms with van der Waals surface area (Å²) in [5, 5.41) is 15.9. The Morgan fingerprint density at radius 2 is 1.66 bits per heavy atom. The van der Waals surface area contributed by atoms with E-state index in [9.17, 15) is 9.90 Å². The summed E-state index contributed by atoms with van der Waals surface area (Å²) in [5.41, 5.74) is 7.56. The third kappa shape index (κ3) is 8.51. The number of carboxylic acids is 1. The molecule has 214 valence electrons. The molecule has 0 saturated heterocycles. The van der Waals surface area contributed by atoms with Crippen molar-refractivity contribution < 1.29 is 9.90 Å². The minimum Gasteiger partial charge on any atom is -0.480 e. The van der Waals surface area contributed by atoms with Gasteiger partial charge in [-0.25, -0.2) is 4.98 Å². The lowest BCUT2D eigenvalue weighted by atomic mass is 9.71. The molecule has 5 nitrogen and oxygen atoms in total. The van der Waals surface area contributed by atoms with E-state index in [-0.39, 0.29) is 6.54 Å². The SMILES string of the molecule is CC1(C)CCC(c2ccc(CCNc3ccc(-c4csc(CN(CC(=O)O)Cc5ccccc5)n4)cc3)cc2)CC1. The summed E-state index contributed by atoms with van der Waals surface area (Å²) in [6, 6.07) is 27.7. The number of carboxylic acid groups (broad SMARTS) is 1. The third-order valence-corrected chi connectivity index (χ3v) is 9.07. The van der Waals surface area contributed by atoms with Gasteiger partial charge in [-0.05, 0) is 72.3 Å². The summed E-state index contributed by atoms with van der Waals surface area (Å²) in [6.45, 7) is 6.74. The van der Waals surface area contributed by atoms with Crippen LogP contribution in [0.2, 0.25) is 0 Å². The lowest BCUT2D eigenvalue weighted by Gasteiger charge is -2.34. The van der Waals surface area contributed by atoms with E-state index in [2.05, 4.69) is 73.1 Å². The molecule has 2 N–H and O–H groups in total. The molecule has 41 heavy (non-hydrogen) atoms. The number of aromatic nitrogens is 1. The first-order chi connectivity index (χ1) is 19.8. The van der Waals surface area contributed by atoms with Gasteiger partial charge in [-0.1, -0.05) is 80.6 Å². The predicted molar refractivity (Wildman–Crippen MR) is 169 cm³/mol. The first-order valence-corrected chi connectivity index (χ1v) is 15.6. The van der Waals surface area contributed by atoms with E-state index >= 15 is 0 Å². The van der Waals surface area contributed by atoms with Crippen molar-refractivity contribution in [3.05, 3.63) is 106 Å². The number of nitrogens with one attached hydrogen (secondary N) is 1. The Morgan fingerprint density at radius 3 is 2.34 bits per heavy atom. The van der Waals surface area contributed by atoms with Gasteiger partial charge in [0.25, 0.3) is 0 Å². The van der Waals surface area contributed by atoms with Gasteiger partial charge >= 0.3 is 5.97 Å². The zero-order valence-electron chi connectivity index (χ0n) is 24.2. The van der Waals surface area contributed by atoms with Crippen molar-refractivity contribution in [3.63, 3.8) is 0 Å². The van der Waals surface area contributed by atoms with Crippen LogP contribution in [0.5, 0.6) is 0 Å². The van der Waals surface area contributed by atoms with Gasteiger partial charge < -0.3 is 10.4 Å². The van der Waals surface area contributed by atoms with Gasteiger partial charge in [0, 0.05) is 29.7 Å². The fourth-order valence-electron chi connectivity index (χ4n) is 5.71. The molecular formula is C35H41N3O2S. The van der Waals surface area contributed by atoms with Crippen molar-refractivity contribution in [1.29, 1.82) is 0 Å². The van der Waals surface area contributed by atoms with Crippen LogP contribution in [0.3, 0.4) is 0 Å². The Morgan fingerprint density at radius 1 is 0.951 bits per heavy atom. The zero-order chi connectivity index (χ0) is 28.7. The molecular weight excluding hydrogens is 526 g/mol. The van der Waals surface area contributed by atoms with Crippen molar-refractivity contribution in [1.82, 2.24) is 9.88 Å². The van der Waals surface area contributed by atoms with Crippen molar-refractivity contribution in [2.45, 2.75) is 65.0 Å². The van der Waals surface area contributed by atoms with Crippen LogP contribution in [0.25, 0.3) is 11.3 Å². The normalized spacial score (nSPS) is 15.2. The highest BCUT2D eigenvalue weighted by molar-refractivity contribution is 7.09. The Bertz CT molecular complexity index is 1390. The Kier molecular flexibility index (Phi) is 9.53. The second-order valence-corrected chi connectivity index (χ2v) is 13.0. The highest BCUT2D eigenvalue weighted by atomic mass is 32.1. The van der Waals surface area contributed by atoms with Gasteiger partial charge in [0.2, 0.25) is 0 Å². The molecule has 1 fully saturated rings. The van der Waals surface area contributed by atoms with Gasteiger partial charge in [0.05, 0.1) is 18.8 Å². The first kappa shape index (κ1) is 29.0. The molecule has 0 spiro atoms. The molecule has 1 aliphatic carbocycles. The van der Waals surface area contributed by atoms with Crippen LogP contribution in [0.1, 0.15) is 67.1 Å². The molecule has 6 heteroatoms. The molecule has 0 bridgehead atoms. The van der Waals surface area contributed by atoms with Gasteiger partial charge in [-0.15, -0.1) is 11.3 Å². The standard InChI is InChI=1S/C35H41N3O2S/c1-35(2)19-16-29(17-20-35)28-10-8-26(9-11-28)18-21-36-31-14-12-30(13-15-31)32-25-41-33(37-32)23-38(24-34(39)40)22-27-6-4-3-5-7-27/h3-15,25,29,36H,16-24H2,1-2H3,(H,39,40). The quantitative estimate of drug-likeness (QED) is 0.180. The molecule has 0 aliphatic heterocycles. The number of hydrogen-bond acceptors (Lipinski definition) is 5. The summed E-state index contributed by atoms with van der Waals surface area (Å²) in [5.74, 6) is -0.109. The van der Waals surface area contributed by atoms with Crippen LogP contribution >= 0.6 is 11.3 Å². The lowest BCUT2D eigenvalue weighted by Crippen LogP contribution is -2.28. The molecule has 1 aliphatic rings. The van der Waals surface area contributed by atoms with Crippen LogP contribution in [-0.4, -0.2) is 34.0 Å². The van der Waals surface area contributed by atoms with Crippen molar-refractivity contribution in [2.75, 3.05) is 18.4 Å². The molecule has 1 aromatic heterocycles. The fraction of sp³-hybridized carbons (Fsp3) is 0.371. The highest BCUT2D eigenvalue weighted by Gasteiger charge is 2.27. The molecule has 0 amide bonds. The zero-order valence-corrected chi connectivity index (χ0v) is 25.0. The molecule has 5 rings (SSSR count). The molecule has 1 heterocycles. The second-order valence-electron chi connectivity index (χ2n) is 12.1. The maximum absolute atomic E-state index is 11.4. The number of thiazole rings is 1. The fourth-order valence-corrected chi connectivity index (χ4v) is 6.55. The number of anilines is 1. The van der Waals surface area contributed by atoms with Crippen LogP contribution in [0.4, 0.5) is 5.69 Å². The smallest absolute Gasteiger partial charge is 0.317 e. The Hall–Kier alpha value is -3.48. The van der Waals surface area contributed by atoms with E-state index in [1.807, 2.05) is 35.2 Å². The van der Waals surface area contributed by atoms with Crippen LogP contribution in [-0.2, 0) is 24.3 Å². The Labute approximate surface area is 248 Å². The van der Waals surface area contributed by atoms with E-state index in [0.29, 0.717) is 18.5 Å². The average Bonchev–Trinajstić information content (AvgIpc) is 3.42. The van der Waals surface area contributed by atoms with Crippen molar-refractivity contribution in [2.24, 2.45) is 5.41 Å². The van der Waals surface area contributed by atoms with E-state index < -0.39 is 5.97 Å². The molecule has 0 unspecified atom stereocenters. The highest BCUT2D eigenvalue weighted by Crippen LogP contribution is 2.42. The first-order valence-electron chi connectivity index (χ1n) is 14.7. The molecule has 0 radical (unpaired) electrons. The maximum Gasteiger partial charge on any atom is 0.317 e. The monoisotopic (exact) mass is 567 g/mol. The second kappa shape index (κ2) is 13.5. The Balaban J connectivity index is 1.10. The van der Waals surface area contributed by atoms with Crippen molar-refractivity contribution in [3.8, 4) is 11.3 Å². The number of rotatable bonds is 12. The summed E-state index contributed by atoms with van der Waals surface area (Å²) in [6.07, 6.45) is 6.26. The van der Waals surface area contributed by atoms with Crippen LogP contribution in [0, 0.1) is 5.41 Å². The number of carbonyl (C=O) groups is 1. The van der Waals surface area contributed by atoms with Gasteiger partial charge in [-0.3, -0.25) is 9.69 Å². The maximum atomic E-state index is 11.4. The number of aliphatic carboxylic acids is 1. The minimum atomic E-state index is -0.832. The summed E-state index contributed by atoms with van der Waals surface area (Å²) in [7, 11) is 0. The average molecular weight is 568 g/mol. The van der Waals surface area contributed by atoms with Gasteiger partial charge in [0.1, 0.15) is 5.01 Å². The summed E-state index contributed by atoms with van der Waals surface area (Å²) < 4.78 is 0. The number of nitrogens with zero attached hydrogens (tertiary/aromatic N) is 2. The topological polar surface area (TPSA) is 65.5 Å². The van der Waals surface area contributed by atoms with E-state index in [1.54, 1.807) is 11.3 Å². The largest absolute Gasteiger partial charge is 0.480 e. The van der Waals surface area contributed by atoms with E-state index in [4.69, 9.17) is 4.98 Å². The van der Waals surface area contributed by atoms with Gasteiger partial charge in [-0.2, -0.15) is 0 Å². The third-order valence-electron chi connectivity index (χ3n) is 8.23. The minimum absolute atomic E-state index is 0.0205. The van der Waals surface area contributed by atoms with Gasteiger partial charge in [0.15, 0.2) is 0 Å². The number of benzene rings is 3. The van der Waals surface area contributed by atoms with Crippen LogP contribution < -0.4 is 5.32 Å². The molecule has 0 atom stereocenters. The van der Waals surface area contributed by atoms with E-state index in [0.717, 1.165) is 46.4 Å². The summed E-state index contributed by atoms with van der Waals surface area (Å²) in [4.78, 5) is 18.2. The van der Waals surface area contributed by atoms with Crippen molar-refractivity contribution >= 4 is 23.0 Å². The van der Waals surface area contributed by atoms with Crippen LogP contribution in [0.15, 0.2) is 84.2 Å². The predicted octanol–water partition coefficient (Wildman–Crippen LogP) is 8.24. The molecule has 4 aromatic rings.